The van der Waals surface area contributed by atoms with Crippen molar-refractivity contribution in [3.63, 3.8) is 0 Å². The van der Waals surface area contributed by atoms with Crippen LogP contribution < -0.4 is 4.31 Å². The van der Waals surface area contributed by atoms with Crippen molar-refractivity contribution in [3.05, 3.63) is 59.2 Å². The topological polar surface area (TPSA) is 80.8 Å². The average Bonchev–Trinajstić information content (AvgIpc) is 2.65. The minimum atomic E-state index is -3.37. The van der Waals surface area contributed by atoms with Crippen molar-refractivity contribution in [3.8, 4) is 0 Å². The zero-order valence-electron chi connectivity index (χ0n) is 16.3. The molecule has 0 aromatic heterocycles. The summed E-state index contributed by atoms with van der Waals surface area (Å²) in [6, 6.07) is 12.1. The van der Waals surface area contributed by atoms with Crippen LogP contribution in [0.4, 0.5) is 5.69 Å². The third-order valence-corrected chi connectivity index (χ3v) is 6.44. The zero-order chi connectivity index (χ0) is 20.9. The van der Waals surface area contributed by atoms with E-state index in [0.29, 0.717) is 11.3 Å². The number of rotatable bonds is 8. The second-order valence-corrected chi connectivity index (χ2v) is 9.45. The van der Waals surface area contributed by atoms with Crippen molar-refractivity contribution in [1.29, 1.82) is 0 Å². The summed E-state index contributed by atoms with van der Waals surface area (Å²) in [7, 11) is -1.94. The molecule has 2 aromatic rings. The maximum atomic E-state index is 12.2. The van der Waals surface area contributed by atoms with E-state index in [1.807, 2.05) is 32.0 Å². The number of carbonyl (C=O) groups excluding carboxylic acids is 2. The Morgan fingerprint density at radius 1 is 1.07 bits per heavy atom. The first-order chi connectivity index (χ1) is 13.1. The Kier molecular flexibility index (Phi) is 7.26. The quantitative estimate of drug-likeness (QED) is 0.370. The van der Waals surface area contributed by atoms with Crippen LogP contribution in [-0.4, -0.2) is 45.8 Å². The van der Waals surface area contributed by atoms with Gasteiger partial charge in [0.05, 0.1) is 17.7 Å². The summed E-state index contributed by atoms with van der Waals surface area (Å²) < 4.78 is 29.2. The van der Waals surface area contributed by atoms with E-state index < -0.39 is 16.0 Å². The summed E-state index contributed by atoms with van der Waals surface area (Å²) in [5.74, 6) is -0.693. The first-order valence-corrected chi connectivity index (χ1v) is 11.3. The number of anilines is 1. The highest BCUT2D eigenvalue weighted by molar-refractivity contribution is 8.00. The number of ketones is 1. The molecule has 8 heteroatoms. The van der Waals surface area contributed by atoms with Crippen LogP contribution in [0.3, 0.4) is 0 Å². The molecule has 0 aliphatic carbocycles. The number of carbonyl (C=O) groups is 2. The van der Waals surface area contributed by atoms with Gasteiger partial charge in [-0.05, 0) is 49.7 Å². The summed E-state index contributed by atoms with van der Waals surface area (Å²) in [6.45, 7) is 3.61. The van der Waals surface area contributed by atoms with Crippen LogP contribution in [0.15, 0.2) is 47.4 Å². The van der Waals surface area contributed by atoms with Gasteiger partial charge in [-0.2, -0.15) is 0 Å². The third-order valence-electron chi connectivity index (χ3n) is 4.10. The molecule has 150 valence electrons. The van der Waals surface area contributed by atoms with Crippen molar-refractivity contribution in [2.75, 3.05) is 30.0 Å². The van der Waals surface area contributed by atoms with Gasteiger partial charge in [0.1, 0.15) is 0 Å². The molecule has 2 rings (SSSR count). The van der Waals surface area contributed by atoms with Gasteiger partial charge in [-0.15, -0.1) is 11.8 Å². The normalized spacial score (nSPS) is 11.1. The number of esters is 1. The number of benzene rings is 2. The number of sulfonamides is 1. The molecular weight excluding hydrogens is 398 g/mol. The largest absolute Gasteiger partial charge is 0.457 e. The Bertz CT molecular complexity index is 969. The summed E-state index contributed by atoms with van der Waals surface area (Å²) >= 11 is 1.38. The number of nitrogens with zero attached hydrogens (tertiary/aromatic N) is 1. The number of thioether (sulfide) groups is 1. The maximum Gasteiger partial charge on any atom is 0.316 e. The Balaban J connectivity index is 1.87. The van der Waals surface area contributed by atoms with Gasteiger partial charge in [-0.25, -0.2) is 8.42 Å². The summed E-state index contributed by atoms with van der Waals surface area (Å²) in [5.41, 5.74) is 2.99. The predicted octanol–water partition coefficient (Wildman–Crippen LogP) is 3.22. The average molecular weight is 422 g/mol. The van der Waals surface area contributed by atoms with Crippen LogP contribution in [0, 0.1) is 13.8 Å². The van der Waals surface area contributed by atoms with E-state index in [1.54, 1.807) is 0 Å². The Morgan fingerprint density at radius 2 is 1.71 bits per heavy atom. The molecule has 0 aliphatic heterocycles. The number of hydrogen-bond acceptors (Lipinski definition) is 6. The molecule has 0 saturated heterocycles. The number of hydrogen-bond donors (Lipinski definition) is 0. The fraction of sp³-hybridized carbons (Fsp3) is 0.300. The van der Waals surface area contributed by atoms with Crippen LogP contribution in [0.25, 0.3) is 0 Å². The summed E-state index contributed by atoms with van der Waals surface area (Å²) in [4.78, 5) is 25.1. The van der Waals surface area contributed by atoms with Crippen LogP contribution >= 0.6 is 11.8 Å². The molecule has 0 amide bonds. The van der Waals surface area contributed by atoms with E-state index >= 15 is 0 Å². The van der Waals surface area contributed by atoms with E-state index in [4.69, 9.17) is 4.74 Å². The van der Waals surface area contributed by atoms with Crippen molar-refractivity contribution in [2.24, 2.45) is 0 Å². The van der Waals surface area contributed by atoms with Gasteiger partial charge in [0.2, 0.25) is 10.0 Å². The lowest BCUT2D eigenvalue weighted by Gasteiger charge is -2.16. The van der Waals surface area contributed by atoms with Crippen molar-refractivity contribution in [2.45, 2.75) is 18.7 Å². The monoisotopic (exact) mass is 421 g/mol. The highest BCUT2D eigenvalue weighted by Gasteiger charge is 2.14. The van der Waals surface area contributed by atoms with E-state index in [0.717, 1.165) is 26.6 Å². The van der Waals surface area contributed by atoms with E-state index in [2.05, 4.69) is 0 Å². The van der Waals surface area contributed by atoms with Crippen LogP contribution in [0.5, 0.6) is 0 Å². The van der Waals surface area contributed by atoms with E-state index in [-0.39, 0.29) is 18.1 Å². The number of aryl methyl sites for hydroxylation is 2. The lowest BCUT2D eigenvalue weighted by Crippen LogP contribution is -2.24. The molecule has 0 unspecified atom stereocenters. The maximum absolute atomic E-state index is 12.2. The molecule has 0 saturated carbocycles. The van der Waals surface area contributed by atoms with Gasteiger partial charge in [0.25, 0.3) is 0 Å². The molecule has 0 N–H and O–H groups in total. The smallest absolute Gasteiger partial charge is 0.316 e. The lowest BCUT2D eigenvalue weighted by molar-refractivity contribution is -0.139. The molecular formula is C20H23NO5S2. The molecule has 0 bridgehead atoms. The Morgan fingerprint density at radius 3 is 2.32 bits per heavy atom. The molecule has 28 heavy (non-hydrogen) atoms. The van der Waals surface area contributed by atoms with Gasteiger partial charge in [0, 0.05) is 17.5 Å². The van der Waals surface area contributed by atoms with Gasteiger partial charge in [0.15, 0.2) is 12.4 Å². The molecule has 6 nitrogen and oxygen atoms in total. The van der Waals surface area contributed by atoms with Gasteiger partial charge < -0.3 is 4.74 Å². The zero-order valence-corrected chi connectivity index (χ0v) is 17.9. The van der Waals surface area contributed by atoms with Crippen LogP contribution in [0.2, 0.25) is 0 Å². The second-order valence-electron chi connectivity index (χ2n) is 6.42. The Hall–Kier alpha value is -2.32. The molecule has 0 spiro atoms. The molecule has 0 atom stereocenters. The van der Waals surface area contributed by atoms with Crippen molar-refractivity contribution < 1.29 is 22.7 Å². The number of ether oxygens (including phenoxy) is 1. The summed E-state index contributed by atoms with van der Waals surface area (Å²) in [6.07, 6.45) is 1.10. The minimum Gasteiger partial charge on any atom is -0.457 e. The standard InChI is InChI=1S/C20H23NO5S2/c1-14-5-6-15(2)19(11-14)27-13-20(23)26-12-18(22)16-7-9-17(10-8-16)21(3)28(4,24)25/h5-11H,12-13H2,1-4H3. The SMILES string of the molecule is Cc1ccc(C)c(SCC(=O)OCC(=O)c2ccc(N(C)S(C)(=O)=O)cc2)c1. The van der Waals surface area contributed by atoms with Gasteiger partial charge in [-0.3, -0.25) is 13.9 Å². The fourth-order valence-electron chi connectivity index (χ4n) is 2.32. The van der Waals surface area contributed by atoms with Gasteiger partial charge in [-0.1, -0.05) is 17.7 Å². The highest BCUT2D eigenvalue weighted by Crippen LogP contribution is 2.23. The second kappa shape index (κ2) is 9.25. The van der Waals surface area contributed by atoms with Gasteiger partial charge >= 0.3 is 5.97 Å². The Labute approximate surface area is 169 Å². The molecule has 0 fully saturated rings. The lowest BCUT2D eigenvalue weighted by atomic mass is 10.1. The highest BCUT2D eigenvalue weighted by atomic mass is 32.2. The summed E-state index contributed by atoms with van der Waals surface area (Å²) in [5, 5.41) is 0. The first-order valence-electron chi connectivity index (χ1n) is 8.51. The molecule has 0 aliphatic rings. The molecule has 0 radical (unpaired) electrons. The fourth-order valence-corrected chi connectivity index (χ4v) is 3.75. The minimum absolute atomic E-state index is 0.121. The predicted molar refractivity (Wildman–Crippen MR) is 112 cm³/mol. The van der Waals surface area contributed by atoms with Crippen LogP contribution in [-0.2, 0) is 19.6 Å². The van der Waals surface area contributed by atoms with E-state index in [9.17, 15) is 18.0 Å². The van der Waals surface area contributed by atoms with E-state index in [1.165, 1.54) is 43.1 Å². The molecule has 0 heterocycles. The third kappa shape index (κ3) is 6.10. The molecule has 2 aromatic carbocycles. The first kappa shape index (κ1) is 22.0. The van der Waals surface area contributed by atoms with Crippen LogP contribution in [0.1, 0.15) is 21.5 Å². The van der Waals surface area contributed by atoms with Crippen molar-refractivity contribution in [1.82, 2.24) is 0 Å². The number of Topliss-reactive ketones (excluding diaryl/α,β-unsaturated/α-hetero) is 1. The van der Waals surface area contributed by atoms with Crippen molar-refractivity contribution >= 4 is 39.2 Å².